The predicted molar refractivity (Wildman–Crippen MR) is 77.9 cm³/mol. The summed E-state index contributed by atoms with van der Waals surface area (Å²) in [6, 6.07) is 5.03. The summed E-state index contributed by atoms with van der Waals surface area (Å²) in [5.74, 6) is -2.11. The van der Waals surface area contributed by atoms with E-state index in [1.807, 2.05) is 0 Å². The van der Waals surface area contributed by atoms with Crippen molar-refractivity contribution in [3.8, 4) is 0 Å². The summed E-state index contributed by atoms with van der Waals surface area (Å²) in [4.78, 5) is 22.7. The summed E-state index contributed by atoms with van der Waals surface area (Å²) < 4.78 is 13.3. The Kier molecular flexibility index (Phi) is 7.11. The highest BCUT2D eigenvalue weighted by atomic mass is 19.1. The zero-order chi connectivity index (χ0) is 15.7. The van der Waals surface area contributed by atoms with Gasteiger partial charge in [-0.3, -0.25) is 4.79 Å². The van der Waals surface area contributed by atoms with E-state index in [2.05, 4.69) is 5.32 Å². The molecule has 6 heteroatoms. The maximum absolute atomic E-state index is 13.3. The van der Waals surface area contributed by atoms with Crippen molar-refractivity contribution in [3.63, 3.8) is 0 Å². The van der Waals surface area contributed by atoms with Crippen molar-refractivity contribution in [1.29, 1.82) is 0 Å². The number of aliphatic carboxylic acids is 1. The molecular formula is C15H19FN2O3. The van der Waals surface area contributed by atoms with Crippen LogP contribution in [-0.2, 0) is 9.59 Å². The van der Waals surface area contributed by atoms with Gasteiger partial charge in [0.15, 0.2) is 0 Å². The molecule has 21 heavy (non-hydrogen) atoms. The van der Waals surface area contributed by atoms with Crippen LogP contribution in [0.1, 0.15) is 24.8 Å². The Balaban J connectivity index is 2.57. The van der Waals surface area contributed by atoms with E-state index in [-0.39, 0.29) is 5.56 Å². The van der Waals surface area contributed by atoms with Gasteiger partial charge in [-0.25, -0.2) is 9.18 Å². The Bertz CT molecular complexity index is 517. The number of carboxylic acid groups (broad SMARTS) is 1. The van der Waals surface area contributed by atoms with Crippen molar-refractivity contribution in [1.82, 2.24) is 5.32 Å². The largest absolute Gasteiger partial charge is 0.480 e. The Hall–Kier alpha value is -2.21. The van der Waals surface area contributed by atoms with Crippen molar-refractivity contribution in [2.45, 2.75) is 25.3 Å². The van der Waals surface area contributed by atoms with Gasteiger partial charge in [0.2, 0.25) is 5.91 Å². The predicted octanol–water partition coefficient (Wildman–Crippen LogP) is 1.54. The molecule has 0 heterocycles. The normalized spacial score (nSPS) is 12.3. The molecule has 1 amide bonds. The van der Waals surface area contributed by atoms with E-state index in [0.717, 1.165) is 6.08 Å². The van der Waals surface area contributed by atoms with E-state index in [0.29, 0.717) is 25.8 Å². The molecule has 0 bridgehead atoms. The van der Waals surface area contributed by atoms with Crippen LogP contribution >= 0.6 is 0 Å². The van der Waals surface area contributed by atoms with Gasteiger partial charge in [0.05, 0.1) is 0 Å². The number of carboxylic acids is 1. The molecule has 0 saturated carbocycles. The lowest BCUT2D eigenvalue weighted by atomic mass is 10.1. The first-order valence-corrected chi connectivity index (χ1v) is 6.70. The van der Waals surface area contributed by atoms with Gasteiger partial charge in [-0.15, -0.1) is 0 Å². The maximum Gasteiger partial charge on any atom is 0.326 e. The average molecular weight is 294 g/mol. The van der Waals surface area contributed by atoms with Gasteiger partial charge in [-0.2, -0.15) is 0 Å². The summed E-state index contributed by atoms with van der Waals surface area (Å²) in [7, 11) is 0. The third-order valence-corrected chi connectivity index (χ3v) is 2.88. The monoisotopic (exact) mass is 294 g/mol. The van der Waals surface area contributed by atoms with Gasteiger partial charge in [0.25, 0.3) is 0 Å². The molecule has 4 N–H and O–H groups in total. The van der Waals surface area contributed by atoms with Crippen molar-refractivity contribution in [2.75, 3.05) is 6.54 Å². The highest BCUT2D eigenvalue weighted by molar-refractivity contribution is 5.94. The lowest BCUT2D eigenvalue weighted by Gasteiger charge is -2.12. The first-order chi connectivity index (χ1) is 10.0. The summed E-state index contributed by atoms with van der Waals surface area (Å²) in [5, 5.41) is 11.4. The SMILES string of the molecule is NCCCC[C@H](NC(=O)C=Cc1ccccc1F)C(=O)O. The molecule has 0 aliphatic heterocycles. The summed E-state index contributed by atoms with van der Waals surface area (Å²) in [5.41, 5.74) is 5.60. The van der Waals surface area contributed by atoms with Crippen LogP contribution in [0.5, 0.6) is 0 Å². The second-order valence-electron chi connectivity index (χ2n) is 4.54. The van der Waals surface area contributed by atoms with Gasteiger partial charge in [-0.1, -0.05) is 18.2 Å². The van der Waals surface area contributed by atoms with E-state index in [9.17, 15) is 14.0 Å². The van der Waals surface area contributed by atoms with Crippen LogP contribution < -0.4 is 11.1 Å². The van der Waals surface area contributed by atoms with Crippen LogP contribution in [0.2, 0.25) is 0 Å². The molecule has 0 aromatic heterocycles. The molecule has 1 aromatic carbocycles. The van der Waals surface area contributed by atoms with E-state index < -0.39 is 23.7 Å². The van der Waals surface area contributed by atoms with Crippen molar-refractivity contribution >= 4 is 18.0 Å². The minimum atomic E-state index is -1.10. The van der Waals surface area contributed by atoms with Crippen LogP contribution in [0.4, 0.5) is 4.39 Å². The molecule has 0 spiro atoms. The molecular weight excluding hydrogens is 275 g/mol. The highest BCUT2D eigenvalue weighted by Crippen LogP contribution is 2.08. The summed E-state index contributed by atoms with van der Waals surface area (Å²) in [6.45, 7) is 0.480. The number of benzene rings is 1. The lowest BCUT2D eigenvalue weighted by molar-refractivity contribution is -0.141. The van der Waals surface area contributed by atoms with E-state index in [1.54, 1.807) is 12.1 Å². The van der Waals surface area contributed by atoms with Crippen molar-refractivity contribution in [2.24, 2.45) is 5.73 Å². The summed E-state index contributed by atoms with van der Waals surface area (Å²) in [6.07, 6.45) is 4.06. The second kappa shape index (κ2) is 8.86. The van der Waals surface area contributed by atoms with Crippen LogP contribution in [-0.4, -0.2) is 29.6 Å². The maximum atomic E-state index is 13.3. The number of amides is 1. The molecule has 5 nitrogen and oxygen atoms in total. The zero-order valence-corrected chi connectivity index (χ0v) is 11.6. The Morgan fingerprint density at radius 2 is 2.05 bits per heavy atom. The fourth-order valence-electron chi connectivity index (χ4n) is 1.75. The number of halogens is 1. The van der Waals surface area contributed by atoms with Crippen LogP contribution in [0.3, 0.4) is 0 Å². The molecule has 0 aliphatic rings. The number of carbonyl (C=O) groups excluding carboxylic acids is 1. The third kappa shape index (κ3) is 6.18. The summed E-state index contributed by atoms with van der Waals surface area (Å²) >= 11 is 0. The van der Waals surface area contributed by atoms with Gasteiger partial charge in [0, 0.05) is 11.6 Å². The molecule has 114 valence electrons. The minimum Gasteiger partial charge on any atom is -0.480 e. The molecule has 1 aromatic rings. The Morgan fingerprint density at radius 1 is 1.33 bits per heavy atom. The number of rotatable bonds is 8. The minimum absolute atomic E-state index is 0.266. The number of carbonyl (C=O) groups is 2. The molecule has 1 rings (SSSR count). The second-order valence-corrected chi connectivity index (χ2v) is 4.54. The van der Waals surface area contributed by atoms with E-state index >= 15 is 0 Å². The molecule has 1 atom stereocenters. The van der Waals surface area contributed by atoms with Gasteiger partial charge < -0.3 is 16.2 Å². The standard InChI is InChI=1S/C15H19FN2O3/c16-12-6-2-1-5-11(12)8-9-14(19)18-13(15(20)21)7-3-4-10-17/h1-2,5-6,8-9,13H,3-4,7,10,17H2,(H,18,19)(H,20,21)/t13-/m0/s1. The number of nitrogens with two attached hydrogens (primary N) is 1. The Morgan fingerprint density at radius 3 is 2.67 bits per heavy atom. The smallest absolute Gasteiger partial charge is 0.326 e. The van der Waals surface area contributed by atoms with E-state index in [1.165, 1.54) is 18.2 Å². The number of unbranched alkanes of at least 4 members (excludes halogenated alkanes) is 1. The van der Waals surface area contributed by atoms with Crippen LogP contribution in [0.25, 0.3) is 6.08 Å². The topological polar surface area (TPSA) is 92.4 Å². The fraction of sp³-hybridized carbons (Fsp3) is 0.333. The molecule has 0 radical (unpaired) electrons. The van der Waals surface area contributed by atoms with Crippen LogP contribution in [0.15, 0.2) is 30.3 Å². The number of nitrogens with one attached hydrogen (secondary N) is 1. The number of hydrogen-bond donors (Lipinski definition) is 3. The third-order valence-electron chi connectivity index (χ3n) is 2.88. The zero-order valence-electron chi connectivity index (χ0n) is 11.6. The molecule has 0 fully saturated rings. The quantitative estimate of drug-likeness (QED) is 0.501. The molecule has 0 aliphatic carbocycles. The fourth-order valence-corrected chi connectivity index (χ4v) is 1.75. The Labute approximate surface area is 122 Å². The highest BCUT2D eigenvalue weighted by Gasteiger charge is 2.18. The van der Waals surface area contributed by atoms with Gasteiger partial charge in [0.1, 0.15) is 11.9 Å². The number of hydrogen-bond acceptors (Lipinski definition) is 3. The van der Waals surface area contributed by atoms with Crippen LogP contribution in [0, 0.1) is 5.82 Å². The van der Waals surface area contributed by atoms with Gasteiger partial charge in [-0.05, 0) is 37.9 Å². The molecule has 0 unspecified atom stereocenters. The van der Waals surface area contributed by atoms with Gasteiger partial charge >= 0.3 is 5.97 Å². The first kappa shape index (κ1) is 16.8. The van der Waals surface area contributed by atoms with Crippen molar-refractivity contribution in [3.05, 3.63) is 41.7 Å². The first-order valence-electron chi connectivity index (χ1n) is 6.70. The lowest BCUT2D eigenvalue weighted by Crippen LogP contribution is -2.39. The molecule has 0 saturated heterocycles. The van der Waals surface area contributed by atoms with E-state index in [4.69, 9.17) is 10.8 Å². The van der Waals surface area contributed by atoms with Crippen molar-refractivity contribution < 1.29 is 19.1 Å². The average Bonchev–Trinajstić information content (AvgIpc) is 2.45.